The first-order valence-electron chi connectivity index (χ1n) is 11.0. The maximum Gasteiger partial charge on any atom is 0.301 e. The molecule has 1 fully saturated rings. The van der Waals surface area contributed by atoms with Gasteiger partial charge in [-0.1, -0.05) is 53.4 Å². The Balaban J connectivity index is 1.54. The fourth-order valence-corrected chi connectivity index (χ4v) is 5.76. The number of nitrogens with zero attached hydrogens (tertiary/aromatic N) is 4. The van der Waals surface area contributed by atoms with Crippen molar-refractivity contribution in [1.82, 2.24) is 15.2 Å². The Bertz CT molecular complexity index is 1490. The van der Waals surface area contributed by atoms with E-state index in [4.69, 9.17) is 4.74 Å². The SMILES string of the molecule is COc1ccc(C2/C(=C(\O)c3ccncc3)C(=O)C(=O)N2c2nnc(SCc3ccccc3F)s2)cc1. The summed E-state index contributed by atoms with van der Waals surface area (Å²) in [5.41, 5.74) is 1.37. The number of Topliss-reactive ketones (excluding diaryl/α,β-unsaturated/α-hetero) is 1. The summed E-state index contributed by atoms with van der Waals surface area (Å²) in [7, 11) is 1.53. The van der Waals surface area contributed by atoms with Gasteiger partial charge in [0.15, 0.2) is 4.34 Å². The van der Waals surface area contributed by atoms with Gasteiger partial charge in [-0.25, -0.2) is 4.39 Å². The highest BCUT2D eigenvalue weighted by Gasteiger charge is 2.48. The molecule has 37 heavy (non-hydrogen) atoms. The number of aliphatic hydroxyl groups is 1. The normalized spacial score (nSPS) is 16.8. The molecule has 2 aromatic heterocycles. The van der Waals surface area contributed by atoms with Crippen molar-refractivity contribution in [3.8, 4) is 5.75 Å². The molecule has 2 aromatic carbocycles. The molecule has 1 amide bonds. The van der Waals surface area contributed by atoms with Gasteiger partial charge < -0.3 is 9.84 Å². The van der Waals surface area contributed by atoms with Gasteiger partial charge >= 0.3 is 5.91 Å². The maximum atomic E-state index is 14.0. The summed E-state index contributed by atoms with van der Waals surface area (Å²) in [6.45, 7) is 0. The van der Waals surface area contributed by atoms with Crippen molar-refractivity contribution in [3.05, 3.63) is 101 Å². The molecule has 186 valence electrons. The number of aromatic nitrogens is 3. The summed E-state index contributed by atoms with van der Waals surface area (Å²) in [5.74, 6) is -1.39. The number of anilines is 1. The predicted octanol–water partition coefficient (Wildman–Crippen LogP) is 5.00. The number of benzene rings is 2. The van der Waals surface area contributed by atoms with Crippen molar-refractivity contribution in [2.24, 2.45) is 0 Å². The second kappa shape index (κ2) is 10.5. The average molecular weight is 535 g/mol. The van der Waals surface area contributed by atoms with E-state index in [1.807, 2.05) is 0 Å². The first kappa shape index (κ1) is 24.6. The highest BCUT2D eigenvalue weighted by molar-refractivity contribution is 8.00. The van der Waals surface area contributed by atoms with Crippen molar-refractivity contribution in [2.45, 2.75) is 16.1 Å². The summed E-state index contributed by atoms with van der Waals surface area (Å²) >= 11 is 2.38. The van der Waals surface area contributed by atoms with E-state index in [9.17, 15) is 19.1 Å². The van der Waals surface area contributed by atoms with Crippen molar-refractivity contribution < 1.29 is 23.8 Å². The molecule has 0 aliphatic carbocycles. The van der Waals surface area contributed by atoms with Gasteiger partial charge in [0, 0.05) is 23.7 Å². The number of ether oxygens (including phenoxy) is 1. The third kappa shape index (κ3) is 4.83. The van der Waals surface area contributed by atoms with Crippen LogP contribution in [0.1, 0.15) is 22.7 Å². The lowest BCUT2D eigenvalue weighted by atomic mass is 9.95. The molecule has 1 N–H and O–H groups in total. The minimum atomic E-state index is -0.948. The molecule has 0 bridgehead atoms. The van der Waals surface area contributed by atoms with E-state index in [0.717, 1.165) is 11.3 Å². The van der Waals surface area contributed by atoms with Crippen LogP contribution in [-0.2, 0) is 15.3 Å². The quantitative estimate of drug-likeness (QED) is 0.116. The van der Waals surface area contributed by atoms with E-state index in [0.29, 0.717) is 32.5 Å². The summed E-state index contributed by atoms with van der Waals surface area (Å²) in [4.78, 5) is 31.7. The smallest absolute Gasteiger partial charge is 0.301 e. The molecule has 8 nitrogen and oxygen atoms in total. The Labute approximate surface area is 219 Å². The van der Waals surface area contributed by atoms with Crippen LogP contribution in [0.25, 0.3) is 5.76 Å². The van der Waals surface area contributed by atoms with Gasteiger partial charge in [-0.15, -0.1) is 10.2 Å². The molecule has 1 aliphatic heterocycles. The third-order valence-corrected chi connectivity index (χ3v) is 7.85. The standard InChI is InChI=1S/C26H19FN4O4S2/c1-35-18-8-6-15(7-9-18)21-20(22(32)16-10-12-28-13-11-16)23(33)24(34)31(21)25-29-30-26(37-25)36-14-17-4-2-3-5-19(17)27/h2-13,21,32H,14H2,1H3/b22-20+. The molecule has 0 spiro atoms. The average Bonchev–Trinajstić information content (AvgIpc) is 3.50. The van der Waals surface area contributed by atoms with Crippen LogP contribution in [0.4, 0.5) is 9.52 Å². The first-order chi connectivity index (χ1) is 18.0. The minimum absolute atomic E-state index is 0.0721. The fourth-order valence-electron chi connectivity index (χ4n) is 3.91. The molecule has 1 atom stereocenters. The van der Waals surface area contributed by atoms with Crippen molar-refractivity contribution in [3.63, 3.8) is 0 Å². The Morgan fingerprint density at radius 1 is 1.08 bits per heavy atom. The van der Waals surface area contributed by atoms with Crippen LogP contribution in [0.5, 0.6) is 5.75 Å². The molecule has 4 aromatic rings. The van der Waals surface area contributed by atoms with E-state index in [1.165, 1.54) is 42.2 Å². The van der Waals surface area contributed by atoms with Crippen LogP contribution in [0, 0.1) is 5.82 Å². The molecule has 0 radical (unpaired) electrons. The summed E-state index contributed by atoms with van der Waals surface area (Å²) in [6.07, 6.45) is 2.97. The Morgan fingerprint density at radius 3 is 2.51 bits per heavy atom. The van der Waals surface area contributed by atoms with Crippen LogP contribution in [0.3, 0.4) is 0 Å². The molecular weight excluding hydrogens is 515 g/mol. The van der Waals surface area contributed by atoms with Crippen molar-refractivity contribution in [2.75, 3.05) is 12.0 Å². The lowest BCUT2D eigenvalue weighted by Crippen LogP contribution is -2.29. The summed E-state index contributed by atoms with van der Waals surface area (Å²) in [6, 6.07) is 15.5. The van der Waals surface area contributed by atoms with Gasteiger partial charge in [-0.3, -0.25) is 19.5 Å². The lowest BCUT2D eigenvalue weighted by molar-refractivity contribution is -0.132. The number of thioether (sulfide) groups is 1. The largest absolute Gasteiger partial charge is 0.507 e. The topological polar surface area (TPSA) is 106 Å². The minimum Gasteiger partial charge on any atom is -0.507 e. The van der Waals surface area contributed by atoms with Crippen LogP contribution in [0.15, 0.2) is 83.0 Å². The zero-order chi connectivity index (χ0) is 25.9. The number of ketones is 1. The second-order valence-corrected chi connectivity index (χ2v) is 10.1. The number of pyridine rings is 1. The van der Waals surface area contributed by atoms with E-state index >= 15 is 0 Å². The number of halogens is 1. The Kier molecular flexibility index (Phi) is 6.97. The van der Waals surface area contributed by atoms with E-state index in [-0.39, 0.29) is 22.3 Å². The van der Waals surface area contributed by atoms with Gasteiger partial charge in [-0.05, 0) is 41.5 Å². The van der Waals surface area contributed by atoms with Crippen LogP contribution in [0.2, 0.25) is 0 Å². The van der Waals surface area contributed by atoms with Gasteiger partial charge in [-0.2, -0.15) is 0 Å². The molecule has 1 saturated heterocycles. The third-order valence-electron chi connectivity index (χ3n) is 5.74. The van der Waals surface area contributed by atoms with Gasteiger partial charge in [0.2, 0.25) is 5.13 Å². The van der Waals surface area contributed by atoms with Gasteiger partial charge in [0.05, 0.1) is 18.7 Å². The molecule has 0 saturated carbocycles. The van der Waals surface area contributed by atoms with Gasteiger partial charge in [0.25, 0.3) is 5.78 Å². The van der Waals surface area contributed by atoms with Crippen LogP contribution < -0.4 is 9.64 Å². The Hall–Kier alpha value is -4.09. The summed E-state index contributed by atoms with van der Waals surface area (Å²) < 4.78 is 19.8. The van der Waals surface area contributed by atoms with Crippen LogP contribution >= 0.6 is 23.1 Å². The van der Waals surface area contributed by atoms with Crippen molar-refractivity contribution >= 4 is 45.7 Å². The number of hydrogen-bond donors (Lipinski definition) is 1. The zero-order valence-corrected chi connectivity index (χ0v) is 21.0. The highest BCUT2D eigenvalue weighted by Crippen LogP contribution is 2.44. The van der Waals surface area contributed by atoms with E-state index in [1.54, 1.807) is 54.6 Å². The molecule has 11 heteroatoms. The fraction of sp³-hybridized carbons (Fsp3) is 0.115. The Morgan fingerprint density at radius 2 is 1.81 bits per heavy atom. The number of aliphatic hydroxyl groups excluding tert-OH is 1. The first-order valence-corrected chi connectivity index (χ1v) is 12.8. The molecule has 5 rings (SSSR count). The number of carbonyl (C=O) groups excluding carboxylic acids is 2. The molecular formula is C26H19FN4O4S2. The van der Waals surface area contributed by atoms with Crippen molar-refractivity contribution in [1.29, 1.82) is 0 Å². The van der Waals surface area contributed by atoms with Crippen LogP contribution in [-0.4, -0.2) is 39.1 Å². The molecule has 1 unspecified atom stereocenters. The lowest BCUT2D eigenvalue weighted by Gasteiger charge is -2.22. The number of hydrogen-bond acceptors (Lipinski definition) is 9. The van der Waals surface area contributed by atoms with E-state index < -0.39 is 17.7 Å². The maximum absolute atomic E-state index is 14.0. The van der Waals surface area contributed by atoms with E-state index in [2.05, 4.69) is 15.2 Å². The zero-order valence-electron chi connectivity index (χ0n) is 19.4. The summed E-state index contributed by atoms with van der Waals surface area (Å²) in [5, 5.41) is 19.6. The molecule has 1 aliphatic rings. The molecule has 3 heterocycles. The number of rotatable bonds is 7. The number of amides is 1. The number of methoxy groups -OCH3 is 1. The highest BCUT2D eigenvalue weighted by atomic mass is 32.2. The monoisotopic (exact) mass is 534 g/mol. The predicted molar refractivity (Wildman–Crippen MR) is 138 cm³/mol. The second-order valence-electron chi connectivity index (χ2n) is 7.91. The van der Waals surface area contributed by atoms with Gasteiger partial charge in [0.1, 0.15) is 17.3 Å². The number of carbonyl (C=O) groups is 2.